The van der Waals surface area contributed by atoms with Crippen LogP contribution < -0.4 is 0 Å². The number of para-hydroxylation sites is 1. The standard InChI is InChI=1S/C19H16N4O/c1-13(24)18-16-9-5-6-10-17(16)23(22-18)19-20-11-15(12-21-19)14-7-3-2-4-8-14/h2-13,24H,1H3. The Balaban J connectivity index is 1.81. The molecule has 4 aromatic rings. The van der Waals surface area contributed by atoms with Crippen molar-refractivity contribution in [2.45, 2.75) is 13.0 Å². The minimum absolute atomic E-state index is 0.484. The summed E-state index contributed by atoms with van der Waals surface area (Å²) in [7, 11) is 0. The van der Waals surface area contributed by atoms with E-state index in [1.807, 2.05) is 54.6 Å². The molecule has 118 valence electrons. The summed E-state index contributed by atoms with van der Waals surface area (Å²) in [5.74, 6) is 0.484. The summed E-state index contributed by atoms with van der Waals surface area (Å²) in [4.78, 5) is 8.91. The third-order valence-electron chi connectivity index (χ3n) is 3.95. The maximum absolute atomic E-state index is 9.96. The van der Waals surface area contributed by atoms with Crippen LogP contribution in [-0.4, -0.2) is 24.9 Å². The molecule has 0 saturated heterocycles. The van der Waals surface area contributed by atoms with Crippen molar-refractivity contribution >= 4 is 10.9 Å². The molecule has 0 bridgehead atoms. The molecule has 0 amide bonds. The molecule has 24 heavy (non-hydrogen) atoms. The van der Waals surface area contributed by atoms with Crippen LogP contribution in [0.15, 0.2) is 67.0 Å². The van der Waals surface area contributed by atoms with Gasteiger partial charge in [-0.25, -0.2) is 9.97 Å². The van der Waals surface area contributed by atoms with E-state index in [4.69, 9.17) is 0 Å². The molecule has 0 radical (unpaired) electrons. The lowest BCUT2D eigenvalue weighted by molar-refractivity contribution is 0.195. The lowest BCUT2D eigenvalue weighted by Crippen LogP contribution is -2.04. The van der Waals surface area contributed by atoms with Crippen molar-refractivity contribution < 1.29 is 5.11 Å². The van der Waals surface area contributed by atoms with Crippen LogP contribution in [0.2, 0.25) is 0 Å². The Morgan fingerprint density at radius 1 is 0.875 bits per heavy atom. The Morgan fingerprint density at radius 2 is 1.54 bits per heavy atom. The second-order valence-electron chi connectivity index (χ2n) is 5.63. The van der Waals surface area contributed by atoms with E-state index in [0.29, 0.717) is 11.6 Å². The van der Waals surface area contributed by atoms with Gasteiger partial charge >= 0.3 is 0 Å². The maximum atomic E-state index is 9.96. The molecule has 2 heterocycles. The molecule has 1 unspecified atom stereocenters. The van der Waals surface area contributed by atoms with Gasteiger partial charge in [-0.05, 0) is 18.6 Å². The molecule has 1 N–H and O–H groups in total. The highest BCUT2D eigenvalue weighted by Crippen LogP contribution is 2.25. The van der Waals surface area contributed by atoms with Crippen LogP contribution in [0.5, 0.6) is 0 Å². The fraction of sp³-hybridized carbons (Fsp3) is 0.105. The first-order valence-electron chi connectivity index (χ1n) is 7.77. The summed E-state index contributed by atoms with van der Waals surface area (Å²) in [5, 5.41) is 15.4. The van der Waals surface area contributed by atoms with Gasteiger partial charge in [0.25, 0.3) is 5.95 Å². The lowest BCUT2D eigenvalue weighted by Gasteiger charge is -2.04. The van der Waals surface area contributed by atoms with Crippen molar-refractivity contribution in [3.05, 3.63) is 72.7 Å². The molecule has 0 aliphatic rings. The number of aliphatic hydroxyl groups excluding tert-OH is 1. The first-order chi connectivity index (χ1) is 11.7. The predicted molar refractivity (Wildman–Crippen MR) is 92.7 cm³/mol. The van der Waals surface area contributed by atoms with Gasteiger partial charge in [0.05, 0.1) is 17.3 Å². The number of fused-ring (bicyclic) bond motifs is 1. The van der Waals surface area contributed by atoms with Gasteiger partial charge in [0.2, 0.25) is 0 Å². The average molecular weight is 316 g/mol. The van der Waals surface area contributed by atoms with Gasteiger partial charge in [0.1, 0.15) is 0 Å². The normalized spacial score (nSPS) is 12.4. The summed E-state index contributed by atoms with van der Waals surface area (Å²) in [5.41, 5.74) is 3.52. The SMILES string of the molecule is CC(O)c1nn(-c2ncc(-c3ccccc3)cn2)c2ccccc12. The van der Waals surface area contributed by atoms with Crippen molar-refractivity contribution in [3.63, 3.8) is 0 Å². The van der Waals surface area contributed by atoms with E-state index < -0.39 is 6.10 Å². The summed E-state index contributed by atoms with van der Waals surface area (Å²) >= 11 is 0. The molecule has 2 aromatic heterocycles. The Kier molecular flexibility index (Phi) is 3.55. The highest BCUT2D eigenvalue weighted by molar-refractivity contribution is 5.83. The number of aliphatic hydroxyl groups is 1. The van der Waals surface area contributed by atoms with Crippen LogP contribution in [0.25, 0.3) is 28.0 Å². The van der Waals surface area contributed by atoms with Gasteiger partial charge in [-0.2, -0.15) is 9.78 Å². The molecule has 4 rings (SSSR count). The van der Waals surface area contributed by atoms with E-state index in [9.17, 15) is 5.11 Å². The molecular weight excluding hydrogens is 300 g/mol. The van der Waals surface area contributed by atoms with Crippen molar-refractivity contribution in [2.75, 3.05) is 0 Å². The van der Waals surface area contributed by atoms with Crippen LogP contribution in [0.1, 0.15) is 18.7 Å². The molecule has 2 aromatic carbocycles. The van der Waals surface area contributed by atoms with E-state index in [-0.39, 0.29) is 0 Å². The highest BCUT2D eigenvalue weighted by Gasteiger charge is 2.16. The Morgan fingerprint density at radius 3 is 2.25 bits per heavy atom. The summed E-state index contributed by atoms with van der Waals surface area (Å²) in [6.45, 7) is 1.71. The minimum Gasteiger partial charge on any atom is -0.387 e. The first-order valence-corrected chi connectivity index (χ1v) is 7.77. The summed E-state index contributed by atoms with van der Waals surface area (Å²) in [6, 6.07) is 17.7. The van der Waals surface area contributed by atoms with Crippen molar-refractivity contribution in [1.82, 2.24) is 19.7 Å². The fourth-order valence-corrected chi connectivity index (χ4v) is 2.76. The number of benzene rings is 2. The molecule has 0 spiro atoms. The van der Waals surface area contributed by atoms with Crippen LogP contribution in [0, 0.1) is 0 Å². The minimum atomic E-state index is -0.653. The topological polar surface area (TPSA) is 63.8 Å². The molecule has 5 heteroatoms. The fourth-order valence-electron chi connectivity index (χ4n) is 2.76. The second kappa shape index (κ2) is 5.86. The average Bonchev–Trinajstić information content (AvgIpc) is 3.03. The monoisotopic (exact) mass is 316 g/mol. The first kappa shape index (κ1) is 14.5. The van der Waals surface area contributed by atoms with Crippen LogP contribution in [0.3, 0.4) is 0 Å². The quantitative estimate of drug-likeness (QED) is 0.628. The summed E-state index contributed by atoms with van der Waals surface area (Å²) < 4.78 is 1.67. The molecule has 0 aliphatic heterocycles. The molecular formula is C19H16N4O. The number of nitrogens with zero attached hydrogens (tertiary/aromatic N) is 4. The zero-order valence-corrected chi connectivity index (χ0v) is 13.2. The zero-order chi connectivity index (χ0) is 16.5. The number of hydrogen-bond acceptors (Lipinski definition) is 4. The van der Waals surface area contributed by atoms with E-state index in [1.54, 1.807) is 24.0 Å². The zero-order valence-electron chi connectivity index (χ0n) is 13.2. The summed E-state index contributed by atoms with van der Waals surface area (Å²) in [6.07, 6.45) is 2.92. The maximum Gasteiger partial charge on any atom is 0.251 e. The van der Waals surface area contributed by atoms with Crippen molar-refractivity contribution in [2.24, 2.45) is 0 Å². The molecule has 0 saturated carbocycles. The van der Waals surface area contributed by atoms with Gasteiger partial charge in [-0.3, -0.25) is 0 Å². The highest BCUT2D eigenvalue weighted by atomic mass is 16.3. The number of rotatable bonds is 3. The van der Waals surface area contributed by atoms with Gasteiger partial charge in [-0.15, -0.1) is 0 Å². The smallest absolute Gasteiger partial charge is 0.251 e. The van der Waals surface area contributed by atoms with E-state index in [0.717, 1.165) is 22.0 Å². The number of hydrogen-bond donors (Lipinski definition) is 1. The second-order valence-corrected chi connectivity index (χ2v) is 5.63. The molecule has 0 aliphatic carbocycles. The van der Waals surface area contributed by atoms with E-state index >= 15 is 0 Å². The molecule has 1 atom stereocenters. The predicted octanol–water partition coefficient (Wildman–Crippen LogP) is 3.54. The van der Waals surface area contributed by atoms with E-state index in [2.05, 4.69) is 15.1 Å². The lowest BCUT2D eigenvalue weighted by atomic mass is 10.1. The van der Waals surface area contributed by atoms with Gasteiger partial charge in [-0.1, -0.05) is 48.5 Å². The van der Waals surface area contributed by atoms with Crippen molar-refractivity contribution in [3.8, 4) is 17.1 Å². The third kappa shape index (κ3) is 2.45. The van der Waals surface area contributed by atoms with Crippen LogP contribution in [0.4, 0.5) is 0 Å². The van der Waals surface area contributed by atoms with Gasteiger partial charge in [0.15, 0.2) is 0 Å². The van der Waals surface area contributed by atoms with Crippen LogP contribution in [-0.2, 0) is 0 Å². The van der Waals surface area contributed by atoms with E-state index in [1.165, 1.54) is 0 Å². The molecule has 5 nitrogen and oxygen atoms in total. The Hall–Kier alpha value is -3.05. The van der Waals surface area contributed by atoms with Crippen LogP contribution >= 0.6 is 0 Å². The van der Waals surface area contributed by atoms with Crippen molar-refractivity contribution in [1.29, 1.82) is 0 Å². The Bertz CT molecular complexity index is 975. The third-order valence-corrected chi connectivity index (χ3v) is 3.95. The van der Waals surface area contributed by atoms with Gasteiger partial charge in [0, 0.05) is 23.3 Å². The Labute approximate surface area is 139 Å². The molecule has 0 fully saturated rings. The largest absolute Gasteiger partial charge is 0.387 e. The van der Waals surface area contributed by atoms with Gasteiger partial charge < -0.3 is 5.11 Å². The number of aromatic nitrogens is 4.